The van der Waals surface area contributed by atoms with E-state index in [0.29, 0.717) is 0 Å². The number of hydrogen-bond acceptors (Lipinski definition) is 3. The minimum absolute atomic E-state index is 0.0775. The van der Waals surface area contributed by atoms with E-state index in [1.165, 1.54) is 0 Å². The number of hydrogen-bond donors (Lipinski definition) is 1. The molecule has 0 aliphatic carbocycles. The summed E-state index contributed by atoms with van der Waals surface area (Å²) < 4.78 is 0. The molecule has 0 fully saturated rings. The molecule has 0 unspecified atom stereocenters. The summed E-state index contributed by atoms with van der Waals surface area (Å²) in [6.07, 6.45) is 3.14. The highest BCUT2D eigenvalue weighted by atomic mass is 15.0. The van der Waals surface area contributed by atoms with Gasteiger partial charge in [0.15, 0.2) is 0 Å². The predicted molar refractivity (Wildman–Crippen MR) is 73.5 cm³/mol. The maximum absolute atomic E-state index is 4.65. The van der Waals surface area contributed by atoms with Gasteiger partial charge in [-0.1, -0.05) is 34.6 Å². The van der Waals surface area contributed by atoms with Crippen LogP contribution in [0.2, 0.25) is 0 Å². The fourth-order valence-electron chi connectivity index (χ4n) is 1.56. The van der Waals surface area contributed by atoms with Crippen LogP contribution in [0.4, 0.5) is 5.82 Å². The van der Waals surface area contributed by atoms with E-state index in [1.807, 2.05) is 0 Å². The molecule has 1 aromatic rings. The van der Waals surface area contributed by atoms with Crippen LogP contribution in [0.1, 0.15) is 59.0 Å². The molecule has 0 aliphatic rings. The lowest BCUT2D eigenvalue weighted by atomic mass is 9.92. The molecule has 0 aliphatic heterocycles. The lowest BCUT2D eigenvalue weighted by Gasteiger charge is -2.19. The molecule has 1 N–H and O–H groups in total. The molecule has 0 aromatic carbocycles. The SMILES string of the molecule is CCCNc1cc(C(C)(C)C)nc(CCC)n1. The average molecular weight is 235 g/mol. The summed E-state index contributed by atoms with van der Waals surface area (Å²) in [5.74, 6) is 1.92. The number of anilines is 1. The quantitative estimate of drug-likeness (QED) is 0.848. The molecule has 0 radical (unpaired) electrons. The maximum Gasteiger partial charge on any atom is 0.131 e. The van der Waals surface area contributed by atoms with Gasteiger partial charge in [-0.25, -0.2) is 9.97 Å². The number of rotatable bonds is 5. The third kappa shape index (κ3) is 4.33. The number of aryl methyl sites for hydroxylation is 1. The first-order valence-electron chi connectivity index (χ1n) is 6.59. The molecule has 0 saturated carbocycles. The maximum atomic E-state index is 4.65. The van der Waals surface area contributed by atoms with Crippen molar-refractivity contribution in [3.8, 4) is 0 Å². The number of nitrogens with zero attached hydrogens (tertiary/aromatic N) is 2. The van der Waals surface area contributed by atoms with E-state index in [2.05, 4.69) is 56.0 Å². The van der Waals surface area contributed by atoms with Crippen LogP contribution in [-0.2, 0) is 11.8 Å². The molecule has 0 amide bonds. The van der Waals surface area contributed by atoms with Crippen molar-refractivity contribution >= 4 is 5.82 Å². The highest BCUT2D eigenvalue weighted by Crippen LogP contribution is 2.22. The van der Waals surface area contributed by atoms with Gasteiger partial charge in [-0.2, -0.15) is 0 Å². The van der Waals surface area contributed by atoms with Gasteiger partial charge < -0.3 is 5.32 Å². The van der Waals surface area contributed by atoms with Crippen LogP contribution >= 0.6 is 0 Å². The van der Waals surface area contributed by atoms with Gasteiger partial charge in [-0.05, 0) is 12.8 Å². The molecule has 0 atom stereocenters. The van der Waals surface area contributed by atoms with Crippen LogP contribution in [-0.4, -0.2) is 16.5 Å². The van der Waals surface area contributed by atoms with Crippen LogP contribution < -0.4 is 5.32 Å². The lowest BCUT2D eigenvalue weighted by molar-refractivity contribution is 0.561. The molecule has 1 aromatic heterocycles. The van der Waals surface area contributed by atoms with E-state index in [0.717, 1.165) is 43.1 Å². The van der Waals surface area contributed by atoms with E-state index in [4.69, 9.17) is 0 Å². The fourth-order valence-corrected chi connectivity index (χ4v) is 1.56. The molecule has 96 valence electrons. The van der Waals surface area contributed by atoms with Gasteiger partial charge in [-0.15, -0.1) is 0 Å². The van der Waals surface area contributed by atoms with Crippen molar-refractivity contribution in [3.05, 3.63) is 17.6 Å². The molecule has 3 heteroatoms. The van der Waals surface area contributed by atoms with E-state index in [-0.39, 0.29) is 5.41 Å². The Morgan fingerprint density at radius 3 is 2.35 bits per heavy atom. The minimum atomic E-state index is 0.0775. The van der Waals surface area contributed by atoms with E-state index in [9.17, 15) is 0 Å². The molecule has 0 bridgehead atoms. The minimum Gasteiger partial charge on any atom is -0.370 e. The van der Waals surface area contributed by atoms with Crippen molar-refractivity contribution in [1.29, 1.82) is 0 Å². The zero-order valence-electron chi connectivity index (χ0n) is 11.8. The van der Waals surface area contributed by atoms with Gasteiger partial charge in [0, 0.05) is 24.4 Å². The van der Waals surface area contributed by atoms with Gasteiger partial charge >= 0.3 is 0 Å². The second-order valence-corrected chi connectivity index (χ2v) is 5.48. The number of nitrogens with one attached hydrogen (secondary N) is 1. The van der Waals surface area contributed by atoms with Gasteiger partial charge in [0.25, 0.3) is 0 Å². The van der Waals surface area contributed by atoms with Crippen LogP contribution in [0.15, 0.2) is 6.07 Å². The second-order valence-electron chi connectivity index (χ2n) is 5.48. The van der Waals surface area contributed by atoms with Gasteiger partial charge in [0.2, 0.25) is 0 Å². The summed E-state index contributed by atoms with van der Waals surface area (Å²) in [6, 6.07) is 2.08. The first-order chi connectivity index (χ1) is 7.97. The first-order valence-corrected chi connectivity index (χ1v) is 6.59. The Balaban J connectivity index is 3.01. The normalized spacial score (nSPS) is 11.6. The lowest BCUT2D eigenvalue weighted by Crippen LogP contribution is -2.17. The highest BCUT2D eigenvalue weighted by molar-refractivity contribution is 5.38. The van der Waals surface area contributed by atoms with Gasteiger partial charge in [0.05, 0.1) is 5.69 Å². The summed E-state index contributed by atoms with van der Waals surface area (Å²) in [5.41, 5.74) is 1.20. The van der Waals surface area contributed by atoms with Gasteiger partial charge in [-0.3, -0.25) is 0 Å². The van der Waals surface area contributed by atoms with E-state index < -0.39 is 0 Å². The number of aromatic nitrogens is 2. The van der Waals surface area contributed by atoms with Crippen molar-refractivity contribution in [3.63, 3.8) is 0 Å². The molecule has 1 rings (SSSR count). The molecule has 17 heavy (non-hydrogen) atoms. The first kappa shape index (κ1) is 13.9. The Morgan fingerprint density at radius 2 is 1.82 bits per heavy atom. The van der Waals surface area contributed by atoms with Crippen molar-refractivity contribution in [2.24, 2.45) is 0 Å². The molecule has 0 spiro atoms. The van der Waals surface area contributed by atoms with Gasteiger partial charge in [0.1, 0.15) is 11.6 Å². The van der Waals surface area contributed by atoms with Crippen LogP contribution in [0, 0.1) is 0 Å². The Kier molecular flexibility index (Phi) is 4.91. The van der Waals surface area contributed by atoms with Crippen molar-refractivity contribution in [2.45, 2.75) is 59.3 Å². The van der Waals surface area contributed by atoms with Crippen LogP contribution in [0.3, 0.4) is 0 Å². The Labute approximate surface area is 105 Å². The van der Waals surface area contributed by atoms with E-state index in [1.54, 1.807) is 0 Å². The molecule has 3 nitrogen and oxygen atoms in total. The molecule has 0 saturated heterocycles. The monoisotopic (exact) mass is 235 g/mol. The average Bonchev–Trinajstić information content (AvgIpc) is 2.25. The second kappa shape index (κ2) is 5.99. The summed E-state index contributed by atoms with van der Waals surface area (Å²) in [6.45, 7) is 11.8. The smallest absolute Gasteiger partial charge is 0.131 e. The Bertz CT molecular complexity index is 353. The van der Waals surface area contributed by atoms with Crippen molar-refractivity contribution < 1.29 is 0 Å². The van der Waals surface area contributed by atoms with Crippen LogP contribution in [0.5, 0.6) is 0 Å². The van der Waals surface area contributed by atoms with Crippen LogP contribution in [0.25, 0.3) is 0 Å². The molecular weight excluding hydrogens is 210 g/mol. The summed E-state index contributed by atoms with van der Waals surface area (Å²) in [7, 11) is 0. The zero-order valence-corrected chi connectivity index (χ0v) is 11.8. The van der Waals surface area contributed by atoms with E-state index >= 15 is 0 Å². The summed E-state index contributed by atoms with van der Waals surface area (Å²) in [4.78, 5) is 9.20. The molecule has 1 heterocycles. The molecular formula is C14H25N3. The topological polar surface area (TPSA) is 37.8 Å². The standard InChI is InChI=1S/C14H25N3/c1-6-8-12-16-11(14(3,4)5)10-13(17-12)15-9-7-2/h10H,6-9H2,1-5H3,(H,15,16,17). The highest BCUT2D eigenvalue weighted by Gasteiger charge is 2.17. The predicted octanol–water partition coefficient (Wildman–Crippen LogP) is 3.55. The summed E-state index contributed by atoms with van der Waals surface area (Å²) in [5, 5.41) is 3.35. The van der Waals surface area contributed by atoms with Crippen molar-refractivity contribution in [1.82, 2.24) is 9.97 Å². The van der Waals surface area contributed by atoms with Crippen molar-refractivity contribution in [2.75, 3.05) is 11.9 Å². The Hall–Kier alpha value is -1.12. The Morgan fingerprint density at radius 1 is 1.12 bits per heavy atom. The summed E-state index contributed by atoms with van der Waals surface area (Å²) >= 11 is 0. The zero-order chi connectivity index (χ0) is 12.9. The third-order valence-corrected chi connectivity index (χ3v) is 2.57. The fraction of sp³-hybridized carbons (Fsp3) is 0.714. The third-order valence-electron chi connectivity index (χ3n) is 2.57. The largest absolute Gasteiger partial charge is 0.370 e.